The lowest BCUT2D eigenvalue weighted by Crippen LogP contribution is -2.31. The lowest BCUT2D eigenvalue weighted by atomic mass is 9.91. The predicted molar refractivity (Wildman–Crippen MR) is 116 cm³/mol. The van der Waals surface area contributed by atoms with Gasteiger partial charge in [-0.25, -0.2) is 0 Å². The summed E-state index contributed by atoms with van der Waals surface area (Å²) in [4.78, 5) is 0.151. The van der Waals surface area contributed by atoms with Crippen molar-refractivity contribution in [3.05, 3.63) is 58.5 Å². The molecule has 0 bridgehead atoms. The number of fused-ring (bicyclic) bond motifs is 1. The number of rotatable bonds is 4. The molecule has 0 aromatic heterocycles. The Labute approximate surface area is 167 Å². The van der Waals surface area contributed by atoms with E-state index in [-0.39, 0.29) is 10.4 Å². The van der Waals surface area contributed by atoms with Gasteiger partial charge in [0.2, 0.25) is 0 Å². The van der Waals surface area contributed by atoms with Crippen LogP contribution in [0.5, 0.6) is 5.75 Å². The third-order valence-corrected chi connectivity index (χ3v) is 5.98. The minimum absolute atomic E-state index is 0.143. The lowest BCUT2D eigenvalue weighted by molar-refractivity contribution is 0.486. The topological polar surface area (TPSA) is 55.4 Å². The fraction of sp³-hybridized carbons (Fsp3) is 0.304. The Bertz CT molecular complexity index is 1160. The molecule has 0 saturated carbocycles. The van der Waals surface area contributed by atoms with Crippen LogP contribution in [0.1, 0.15) is 46.6 Å². The second-order valence-electron chi connectivity index (χ2n) is 7.61. The van der Waals surface area contributed by atoms with Gasteiger partial charge in [-0.3, -0.25) is 0 Å². The molecule has 1 aliphatic rings. The van der Waals surface area contributed by atoms with Crippen LogP contribution in [-0.4, -0.2) is 14.0 Å². The highest BCUT2D eigenvalue weighted by molar-refractivity contribution is 7.87. The molecule has 1 heterocycles. The van der Waals surface area contributed by atoms with E-state index >= 15 is 0 Å². The first-order valence-corrected chi connectivity index (χ1v) is 10.9. The monoisotopic (exact) mass is 397 g/mol. The van der Waals surface area contributed by atoms with Gasteiger partial charge in [0.15, 0.2) is 0 Å². The number of benzene rings is 2. The van der Waals surface area contributed by atoms with Crippen LogP contribution in [0.3, 0.4) is 0 Å². The van der Waals surface area contributed by atoms with E-state index in [1.54, 1.807) is 24.3 Å². The van der Waals surface area contributed by atoms with Crippen LogP contribution in [-0.2, 0) is 10.1 Å². The maximum atomic E-state index is 12.8. The van der Waals surface area contributed by atoms with Crippen LogP contribution < -0.4 is 19.9 Å². The zero-order valence-corrected chi connectivity index (χ0v) is 17.9. The van der Waals surface area contributed by atoms with Gasteiger partial charge in [-0.1, -0.05) is 31.2 Å². The summed E-state index contributed by atoms with van der Waals surface area (Å²) in [6.45, 7) is 10.2. The number of anilines is 1. The van der Waals surface area contributed by atoms with Crippen molar-refractivity contribution in [1.29, 1.82) is 0 Å². The van der Waals surface area contributed by atoms with Crippen LogP contribution in [0, 0.1) is 0 Å². The molecule has 0 spiro atoms. The van der Waals surface area contributed by atoms with Crippen LogP contribution in [0.2, 0.25) is 0 Å². The van der Waals surface area contributed by atoms with Crippen LogP contribution >= 0.6 is 0 Å². The van der Waals surface area contributed by atoms with Crippen LogP contribution in [0.4, 0.5) is 5.69 Å². The number of allylic oxidation sites excluding steroid dienone is 1. The maximum absolute atomic E-state index is 12.8. The summed E-state index contributed by atoms with van der Waals surface area (Å²) in [6, 6.07) is 10.4. The molecule has 0 fully saturated rings. The fourth-order valence-corrected chi connectivity index (χ4v) is 4.51. The van der Waals surface area contributed by atoms with Gasteiger partial charge in [-0.2, -0.15) is 8.42 Å². The summed E-state index contributed by atoms with van der Waals surface area (Å²) >= 11 is 0. The van der Waals surface area contributed by atoms with Crippen molar-refractivity contribution in [3.63, 3.8) is 0 Å². The van der Waals surface area contributed by atoms with Gasteiger partial charge in [0.05, 0.1) is 5.54 Å². The molecule has 1 aliphatic heterocycles. The highest BCUT2D eigenvalue weighted by Gasteiger charge is 2.24. The number of hydrogen-bond acceptors (Lipinski definition) is 4. The van der Waals surface area contributed by atoms with Crippen molar-refractivity contribution in [3.8, 4) is 5.75 Å². The molecular weight excluding hydrogens is 370 g/mol. The average molecular weight is 398 g/mol. The summed E-state index contributed by atoms with van der Waals surface area (Å²) in [5.74, 6) is 0.305. The maximum Gasteiger partial charge on any atom is 0.339 e. The van der Waals surface area contributed by atoms with E-state index in [2.05, 4.69) is 38.2 Å². The molecule has 2 aromatic carbocycles. The molecule has 148 valence electrons. The van der Waals surface area contributed by atoms with Crippen LogP contribution in [0.25, 0.3) is 17.7 Å². The minimum Gasteiger partial charge on any atom is -0.379 e. The highest BCUT2D eigenvalue weighted by Crippen LogP contribution is 2.36. The van der Waals surface area contributed by atoms with E-state index in [4.69, 9.17) is 4.18 Å². The second-order valence-corrected chi connectivity index (χ2v) is 9.16. The van der Waals surface area contributed by atoms with Gasteiger partial charge in [0.1, 0.15) is 10.6 Å². The third kappa shape index (κ3) is 4.14. The Morgan fingerprint density at radius 3 is 2.54 bits per heavy atom. The smallest absolute Gasteiger partial charge is 0.339 e. The van der Waals surface area contributed by atoms with Crippen LogP contribution in [0.15, 0.2) is 47.4 Å². The fourth-order valence-electron chi connectivity index (χ4n) is 3.55. The summed E-state index contributed by atoms with van der Waals surface area (Å²) in [5.41, 5.74) is 2.86. The summed E-state index contributed by atoms with van der Waals surface area (Å²) < 4.78 is 31.1. The van der Waals surface area contributed by atoms with Gasteiger partial charge in [-0.05, 0) is 80.5 Å². The van der Waals surface area contributed by atoms with E-state index in [1.165, 1.54) is 0 Å². The second kappa shape index (κ2) is 7.47. The van der Waals surface area contributed by atoms with Gasteiger partial charge in [-0.15, -0.1) is 0 Å². The number of hydrogen-bond donors (Lipinski definition) is 1. The van der Waals surface area contributed by atoms with Crippen molar-refractivity contribution in [1.82, 2.24) is 0 Å². The largest absolute Gasteiger partial charge is 0.379 e. The third-order valence-electron chi connectivity index (χ3n) is 4.74. The van der Waals surface area contributed by atoms with Gasteiger partial charge in [0, 0.05) is 11.3 Å². The Morgan fingerprint density at radius 1 is 1.11 bits per heavy atom. The van der Waals surface area contributed by atoms with Crippen molar-refractivity contribution in [2.75, 3.05) is 5.32 Å². The predicted octanol–water partition coefficient (Wildman–Crippen LogP) is 4.05. The first-order chi connectivity index (χ1) is 13.1. The first kappa shape index (κ1) is 20.2. The molecule has 0 radical (unpaired) electrons. The van der Waals surface area contributed by atoms with Crippen molar-refractivity contribution in [2.24, 2.45) is 0 Å². The molecule has 0 unspecified atom stereocenters. The molecule has 0 atom stereocenters. The molecule has 2 aromatic rings. The molecular formula is C23H27NO3S. The Balaban J connectivity index is 1.96. The van der Waals surface area contributed by atoms with E-state index in [0.717, 1.165) is 33.7 Å². The highest BCUT2D eigenvalue weighted by atomic mass is 32.2. The van der Waals surface area contributed by atoms with Crippen molar-refractivity contribution >= 4 is 33.5 Å². The molecule has 5 heteroatoms. The van der Waals surface area contributed by atoms with E-state index in [0.29, 0.717) is 5.75 Å². The minimum atomic E-state index is -3.92. The molecule has 28 heavy (non-hydrogen) atoms. The Hall–Kier alpha value is -2.53. The van der Waals surface area contributed by atoms with Crippen molar-refractivity contribution < 1.29 is 12.6 Å². The van der Waals surface area contributed by atoms with Crippen molar-refractivity contribution in [2.45, 2.75) is 51.5 Å². The standard InChI is InChI=1S/C23H27NO3S/c1-6-8-18-9-11-20(13-17(18)7-2)28(25,26)27-19-10-12-22-21(14-19)16(3)15-23(4,5)24-22/h7-15,24H,6H2,1-5H3/b17-7-,18-8-. The molecule has 0 saturated heterocycles. The Morgan fingerprint density at radius 2 is 1.86 bits per heavy atom. The molecule has 3 rings (SSSR count). The summed E-state index contributed by atoms with van der Waals surface area (Å²) in [6.07, 6.45) is 6.98. The first-order valence-electron chi connectivity index (χ1n) is 9.48. The van der Waals surface area contributed by atoms with Gasteiger partial charge >= 0.3 is 10.1 Å². The lowest BCUT2D eigenvalue weighted by Gasteiger charge is -2.31. The molecule has 0 aliphatic carbocycles. The zero-order valence-electron chi connectivity index (χ0n) is 17.0. The normalized spacial score (nSPS) is 17.0. The van der Waals surface area contributed by atoms with E-state index in [9.17, 15) is 8.42 Å². The zero-order chi connectivity index (χ0) is 20.5. The molecule has 4 nitrogen and oxygen atoms in total. The average Bonchev–Trinajstić information content (AvgIpc) is 2.61. The molecule has 1 N–H and O–H groups in total. The molecule has 0 amide bonds. The summed E-state index contributed by atoms with van der Waals surface area (Å²) in [5, 5.41) is 5.33. The van der Waals surface area contributed by atoms with Gasteiger partial charge in [0.25, 0.3) is 0 Å². The SMILES string of the molecule is C/C=c1/cc(S(=O)(=O)Oc2ccc3c(c2)C(C)=CC(C)(C)N3)cc/c1=C/CC. The Kier molecular flexibility index (Phi) is 5.39. The van der Waals surface area contributed by atoms with E-state index < -0.39 is 10.1 Å². The van der Waals surface area contributed by atoms with E-state index in [1.807, 2.05) is 32.1 Å². The quantitative estimate of drug-likeness (QED) is 0.791. The van der Waals surface area contributed by atoms with Gasteiger partial charge < -0.3 is 9.50 Å². The summed E-state index contributed by atoms with van der Waals surface area (Å²) in [7, 11) is -3.92. The number of nitrogens with one attached hydrogen (secondary N) is 1.